The van der Waals surface area contributed by atoms with E-state index in [0.29, 0.717) is 0 Å². The van der Waals surface area contributed by atoms with E-state index in [-0.39, 0.29) is 0 Å². The molecule has 0 radical (unpaired) electrons. The van der Waals surface area contributed by atoms with E-state index in [1.165, 1.54) is 22.3 Å². The molecule has 0 aliphatic heterocycles. The van der Waals surface area contributed by atoms with Gasteiger partial charge >= 0.3 is 0 Å². The minimum Gasteiger partial charge on any atom is -0.0610 e. The molecule has 52 valence electrons. The monoisotopic (exact) mass is 140 g/mol. The van der Waals surface area contributed by atoms with Gasteiger partial charge in [-0.25, -0.2) is 0 Å². The Kier molecular flexibility index (Phi) is 0.803. The lowest BCUT2D eigenvalue weighted by atomic mass is 9.92. The van der Waals surface area contributed by atoms with Crippen LogP contribution in [-0.2, 0) is 0 Å². The number of rotatable bonds is 0. The second-order valence-electron chi connectivity index (χ2n) is 3.15. The lowest BCUT2D eigenvalue weighted by Crippen LogP contribution is -1.94. The van der Waals surface area contributed by atoms with Crippen LogP contribution < -0.4 is 0 Å². The first-order valence-electron chi connectivity index (χ1n) is 3.94. The van der Waals surface area contributed by atoms with Crippen molar-refractivity contribution >= 4 is 0 Å². The summed E-state index contributed by atoms with van der Waals surface area (Å²) in [7, 11) is 0. The zero-order valence-corrected chi connectivity index (χ0v) is 6.17. The Morgan fingerprint density at radius 3 is 3.09 bits per heavy atom. The molecule has 0 aromatic rings. The summed E-state index contributed by atoms with van der Waals surface area (Å²) in [6.07, 6.45) is 14.4. The summed E-state index contributed by atoms with van der Waals surface area (Å²) >= 11 is 0. The first-order valence-corrected chi connectivity index (χ1v) is 3.94. The fourth-order valence-corrected chi connectivity index (χ4v) is 1.88. The molecular formula is C11H8. The predicted molar refractivity (Wildman–Crippen MR) is 46.1 cm³/mol. The van der Waals surface area contributed by atoms with Crippen molar-refractivity contribution in [3.05, 3.63) is 58.7 Å². The topological polar surface area (TPSA) is 0 Å². The van der Waals surface area contributed by atoms with E-state index in [1.54, 1.807) is 0 Å². The summed E-state index contributed by atoms with van der Waals surface area (Å²) in [5.74, 6) is 0. The van der Waals surface area contributed by atoms with E-state index in [0.717, 1.165) is 6.42 Å². The summed E-state index contributed by atoms with van der Waals surface area (Å²) in [4.78, 5) is 0. The minimum absolute atomic E-state index is 1.15. The van der Waals surface area contributed by atoms with Crippen molar-refractivity contribution in [2.75, 3.05) is 0 Å². The molecule has 0 nitrogen and oxygen atoms in total. The van der Waals surface area contributed by atoms with Crippen LogP contribution in [0, 0.1) is 0 Å². The number of fused-ring (bicyclic) bond motifs is 4. The summed E-state index contributed by atoms with van der Waals surface area (Å²) < 4.78 is 0. The average molecular weight is 140 g/mol. The summed E-state index contributed by atoms with van der Waals surface area (Å²) in [6, 6.07) is 0. The van der Waals surface area contributed by atoms with Crippen LogP contribution in [0.15, 0.2) is 58.7 Å². The largest absolute Gasteiger partial charge is 0.0610 e. The highest BCUT2D eigenvalue weighted by atomic mass is 14.2. The van der Waals surface area contributed by atoms with E-state index in [9.17, 15) is 0 Å². The Morgan fingerprint density at radius 1 is 1.09 bits per heavy atom. The fraction of sp³-hybridized carbons (Fsp3) is 0.0909. The van der Waals surface area contributed by atoms with Gasteiger partial charge in [-0.2, -0.15) is 0 Å². The molecule has 3 aliphatic carbocycles. The van der Waals surface area contributed by atoms with E-state index in [4.69, 9.17) is 0 Å². The van der Waals surface area contributed by atoms with Crippen molar-refractivity contribution in [3.8, 4) is 0 Å². The molecule has 11 heavy (non-hydrogen) atoms. The van der Waals surface area contributed by atoms with Crippen molar-refractivity contribution in [1.29, 1.82) is 0 Å². The van der Waals surface area contributed by atoms with Gasteiger partial charge in [-0.1, -0.05) is 36.5 Å². The molecule has 0 aromatic carbocycles. The summed E-state index contributed by atoms with van der Waals surface area (Å²) in [5.41, 5.74) is 5.77. The number of allylic oxidation sites excluding steroid dienone is 10. The van der Waals surface area contributed by atoms with Crippen LogP contribution in [0.2, 0.25) is 0 Å². The van der Waals surface area contributed by atoms with Gasteiger partial charge in [0.25, 0.3) is 0 Å². The second-order valence-corrected chi connectivity index (χ2v) is 3.15. The first-order chi connectivity index (χ1) is 5.43. The molecule has 2 bridgehead atoms. The van der Waals surface area contributed by atoms with Crippen LogP contribution in [-0.4, -0.2) is 0 Å². The van der Waals surface area contributed by atoms with Gasteiger partial charge in [0.2, 0.25) is 0 Å². The summed E-state index contributed by atoms with van der Waals surface area (Å²) in [5, 5.41) is 0. The predicted octanol–water partition coefficient (Wildman–Crippen LogP) is 2.68. The number of hydrogen-bond donors (Lipinski definition) is 0. The van der Waals surface area contributed by atoms with Gasteiger partial charge in [0, 0.05) is 0 Å². The Labute approximate surface area is 65.9 Å². The third-order valence-corrected chi connectivity index (χ3v) is 2.43. The highest BCUT2D eigenvalue weighted by Crippen LogP contribution is 2.38. The molecule has 3 aliphatic rings. The van der Waals surface area contributed by atoms with Gasteiger partial charge in [-0.05, 0) is 28.7 Å². The van der Waals surface area contributed by atoms with Gasteiger partial charge in [0.05, 0.1) is 0 Å². The lowest BCUT2D eigenvalue weighted by molar-refractivity contribution is 1.17. The van der Waals surface area contributed by atoms with Gasteiger partial charge in [-0.15, -0.1) is 0 Å². The quantitative estimate of drug-likeness (QED) is 0.485. The molecule has 0 atom stereocenters. The molecular weight excluding hydrogens is 132 g/mol. The Hall–Kier alpha value is -1.30. The van der Waals surface area contributed by atoms with Gasteiger partial charge in [-0.3, -0.25) is 0 Å². The second kappa shape index (κ2) is 1.65. The van der Waals surface area contributed by atoms with E-state index in [2.05, 4.69) is 36.5 Å². The van der Waals surface area contributed by atoms with Crippen LogP contribution in [0.5, 0.6) is 0 Å². The number of hydrogen-bond acceptors (Lipinski definition) is 0. The van der Waals surface area contributed by atoms with Crippen molar-refractivity contribution in [1.82, 2.24) is 0 Å². The standard InChI is InChI=1S/C11H8/c1-2-9-6-8-4-5-10(7-8)11(9)3-1/h1-6H,7H2. The molecule has 0 N–H and O–H groups in total. The molecule has 0 saturated carbocycles. The average Bonchev–Trinajstić information content (AvgIpc) is 2.58. The van der Waals surface area contributed by atoms with Crippen LogP contribution in [0.4, 0.5) is 0 Å². The smallest absolute Gasteiger partial charge is 0.00194 e. The van der Waals surface area contributed by atoms with E-state index in [1.807, 2.05) is 0 Å². The van der Waals surface area contributed by atoms with Crippen molar-refractivity contribution in [2.45, 2.75) is 6.42 Å². The minimum atomic E-state index is 1.15. The molecule has 0 amide bonds. The van der Waals surface area contributed by atoms with Crippen LogP contribution in [0.1, 0.15) is 6.42 Å². The zero-order chi connectivity index (χ0) is 7.26. The normalized spacial score (nSPS) is 24.0. The van der Waals surface area contributed by atoms with E-state index < -0.39 is 0 Å². The Balaban J connectivity index is 2.29. The Bertz CT molecular complexity index is 371. The molecule has 0 heteroatoms. The third kappa shape index (κ3) is 0.591. The van der Waals surface area contributed by atoms with Crippen molar-refractivity contribution in [3.63, 3.8) is 0 Å². The SMILES string of the molecule is C1=CC2=CC3=CC=C(C3)C2=C1. The van der Waals surface area contributed by atoms with E-state index >= 15 is 0 Å². The molecule has 0 saturated heterocycles. The Morgan fingerprint density at radius 2 is 2.09 bits per heavy atom. The molecule has 0 spiro atoms. The van der Waals surface area contributed by atoms with Crippen molar-refractivity contribution in [2.24, 2.45) is 0 Å². The van der Waals surface area contributed by atoms with Gasteiger partial charge < -0.3 is 0 Å². The molecule has 0 heterocycles. The highest BCUT2D eigenvalue weighted by Gasteiger charge is 2.20. The van der Waals surface area contributed by atoms with Gasteiger partial charge in [0.1, 0.15) is 0 Å². The zero-order valence-electron chi connectivity index (χ0n) is 6.17. The van der Waals surface area contributed by atoms with Crippen LogP contribution in [0.25, 0.3) is 0 Å². The van der Waals surface area contributed by atoms with Crippen molar-refractivity contribution < 1.29 is 0 Å². The maximum absolute atomic E-state index is 2.28. The molecule has 0 aromatic heterocycles. The lowest BCUT2D eigenvalue weighted by Gasteiger charge is -2.12. The molecule has 0 unspecified atom stereocenters. The first kappa shape index (κ1) is 5.36. The maximum atomic E-state index is 2.28. The van der Waals surface area contributed by atoms with Gasteiger partial charge in [0.15, 0.2) is 0 Å². The highest BCUT2D eigenvalue weighted by molar-refractivity contribution is 5.67. The van der Waals surface area contributed by atoms with Crippen LogP contribution in [0.3, 0.4) is 0 Å². The molecule has 0 fully saturated rings. The summed E-state index contributed by atoms with van der Waals surface area (Å²) in [6.45, 7) is 0. The fourth-order valence-electron chi connectivity index (χ4n) is 1.88. The maximum Gasteiger partial charge on any atom is -0.00194 e. The third-order valence-electron chi connectivity index (χ3n) is 2.43. The van der Waals surface area contributed by atoms with Crippen LogP contribution >= 0.6 is 0 Å². The molecule has 3 rings (SSSR count).